The molecule has 0 aliphatic carbocycles. The first-order valence-corrected chi connectivity index (χ1v) is 5.93. The van der Waals surface area contributed by atoms with Crippen molar-refractivity contribution in [3.63, 3.8) is 0 Å². The fourth-order valence-electron chi connectivity index (χ4n) is 1.95. The number of hydrogen-bond donors (Lipinski definition) is 3. The number of aromatic amines is 1. The van der Waals surface area contributed by atoms with Gasteiger partial charge in [0.25, 0.3) is 5.56 Å². The molecule has 8 heteroatoms. The summed E-state index contributed by atoms with van der Waals surface area (Å²) in [6, 6.07) is 0. The molecule has 0 spiro atoms. The number of H-pyrrole nitrogens is 1. The van der Waals surface area contributed by atoms with Crippen LogP contribution in [0.4, 0.5) is 0 Å². The molecule has 0 bridgehead atoms. The third-order valence-corrected chi connectivity index (χ3v) is 2.94. The Kier molecular flexibility index (Phi) is 4.24. The van der Waals surface area contributed by atoms with Crippen molar-refractivity contribution in [1.29, 1.82) is 0 Å². The van der Waals surface area contributed by atoms with Gasteiger partial charge in [-0.25, -0.2) is 4.79 Å². The number of aliphatic hydroxyl groups excluding tert-OH is 2. The molecule has 1 aliphatic heterocycles. The maximum atomic E-state index is 11.7. The summed E-state index contributed by atoms with van der Waals surface area (Å²) in [5, 5.41) is 18.7. The highest BCUT2D eigenvalue weighted by Crippen LogP contribution is 2.27. The van der Waals surface area contributed by atoms with E-state index in [0.29, 0.717) is 0 Å². The standard InChI is InChI=1S/C12H14N2O6/c1-2-3-19-8-5-14(12(18)13-11(8)17)10-4-7(16)9(6-15)20-10/h1,5,7,9-10,15-16H,3-4,6H2,(H,13,17,18)/t7-,9+,10+/m0/s1. The van der Waals surface area contributed by atoms with Gasteiger partial charge in [0.1, 0.15) is 18.9 Å². The summed E-state index contributed by atoms with van der Waals surface area (Å²) in [6.07, 6.45) is 3.87. The molecular weight excluding hydrogens is 268 g/mol. The number of ether oxygens (including phenoxy) is 2. The topological polar surface area (TPSA) is 114 Å². The van der Waals surface area contributed by atoms with Crippen LogP contribution in [0, 0.1) is 12.3 Å². The molecule has 1 aromatic rings. The van der Waals surface area contributed by atoms with Crippen molar-refractivity contribution in [2.75, 3.05) is 13.2 Å². The maximum absolute atomic E-state index is 11.7. The second-order valence-electron chi connectivity index (χ2n) is 4.27. The molecule has 0 saturated carbocycles. The largest absolute Gasteiger partial charge is 0.474 e. The molecule has 1 aromatic heterocycles. The van der Waals surface area contributed by atoms with Crippen LogP contribution in [0.25, 0.3) is 0 Å². The second kappa shape index (κ2) is 5.92. The molecule has 1 aliphatic rings. The van der Waals surface area contributed by atoms with Gasteiger partial charge in [-0.2, -0.15) is 0 Å². The highest BCUT2D eigenvalue weighted by molar-refractivity contribution is 5.13. The van der Waals surface area contributed by atoms with Gasteiger partial charge in [0.15, 0.2) is 0 Å². The van der Waals surface area contributed by atoms with Crippen LogP contribution in [-0.2, 0) is 4.74 Å². The van der Waals surface area contributed by atoms with Gasteiger partial charge in [-0.1, -0.05) is 5.92 Å². The molecule has 20 heavy (non-hydrogen) atoms. The van der Waals surface area contributed by atoms with Gasteiger partial charge in [-0.3, -0.25) is 14.3 Å². The zero-order valence-corrected chi connectivity index (χ0v) is 10.5. The van der Waals surface area contributed by atoms with E-state index in [1.165, 1.54) is 6.20 Å². The third-order valence-electron chi connectivity index (χ3n) is 2.94. The Balaban J connectivity index is 2.31. The van der Waals surface area contributed by atoms with Gasteiger partial charge in [-0.15, -0.1) is 6.42 Å². The molecule has 108 valence electrons. The van der Waals surface area contributed by atoms with Crippen molar-refractivity contribution in [3.8, 4) is 18.1 Å². The lowest BCUT2D eigenvalue weighted by atomic mass is 10.2. The third kappa shape index (κ3) is 2.75. The van der Waals surface area contributed by atoms with Crippen molar-refractivity contribution >= 4 is 0 Å². The first kappa shape index (κ1) is 14.3. The molecule has 0 unspecified atom stereocenters. The van der Waals surface area contributed by atoms with Crippen LogP contribution < -0.4 is 16.0 Å². The number of hydrogen-bond acceptors (Lipinski definition) is 6. The molecular formula is C12H14N2O6. The molecule has 0 radical (unpaired) electrons. The summed E-state index contributed by atoms with van der Waals surface area (Å²) in [5.41, 5.74) is -1.39. The van der Waals surface area contributed by atoms with Gasteiger partial charge >= 0.3 is 5.69 Å². The number of rotatable bonds is 4. The van der Waals surface area contributed by atoms with Crippen LogP contribution in [0.3, 0.4) is 0 Å². The number of nitrogens with zero attached hydrogens (tertiary/aromatic N) is 1. The lowest BCUT2D eigenvalue weighted by molar-refractivity contribution is -0.0461. The lowest BCUT2D eigenvalue weighted by Gasteiger charge is -2.15. The van der Waals surface area contributed by atoms with E-state index < -0.39 is 29.7 Å². The molecule has 1 saturated heterocycles. The second-order valence-corrected chi connectivity index (χ2v) is 4.27. The van der Waals surface area contributed by atoms with Gasteiger partial charge < -0.3 is 19.7 Å². The monoisotopic (exact) mass is 282 g/mol. The molecule has 2 rings (SSSR count). The Morgan fingerprint density at radius 2 is 2.35 bits per heavy atom. The fourth-order valence-corrected chi connectivity index (χ4v) is 1.95. The predicted octanol–water partition coefficient (Wildman–Crippen LogP) is -1.81. The number of terminal acetylenes is 1. The molecule has 0 aromatic carbocycles. The van der Waals surface area contributed by atoms with Crippen LogP contribution in [0.5, 0.6) is 5.75 Å². The minimum atomic E-state index is -0.890. The summed E-state index contributed by atoms with van der Waals surface area (Å²) < 4.78 is 11.4. The lowest BCUT2D eigenvalue weighted by Crippen LogP contribution is -2.33. The Morgan fingerprint density at radius 3 is 2.95 bits per heavy atom. The zero-order chi connectivity index (χ0) is 14.7. The van der Waals surface area contributed by atoms with Crippen molar-refractivity contribution < 1.29 is 19.7 Å². The molecule has 2 heterocycles. The minimum absolute atomic E-state index is 0.116. The summed E-state index contributed by atoms with van der Waals surface area (Å²) >= 11 is 0. The van der Waals surface area contributed by atoms with Gasteiger partial charge in [0.05, 0.1) is 18.9 Å². The Labute approximate surface area is 113 Å². The van der Waals surface area contributed by atoms with Crippen molar-refractivity contribution in [1.82, 2.24) is 9.55 Å². The van der Waals surface area contributed by atoms with Crippen LogP contribution in [0.2, 0.25) is 0 Å². The molecule has 8 nitrogen and oxygen atoms in total. The average molecular weight is 282 g/mol. The number of aliphatic hydroxyl groups is 2. The van der Waals surface area contributed by atoms with E-state index in [-0.39, 0.29) is 25.4 Å². The number of aromatic nitrogens is 2. The predicted molar refractivity (Wildman–Crippen MR) is 67.3 cm³/mol. The number of nitrogens with one attached hydrogen (secondary N) is 1. The van der Waals surface area contributed by atoms with Crippen LogP contribution >= 0.6 is 0 Å². The van der Waals surface area contributed by atoms with Crippen LogP contribution in [-0.4, -0.2) is 45.2 Å². The average Bonchev–Trinajstić information content (AvgIpc) is 2.79. The van der Waals surface area contributed by atoms with Gasteiger partial charge in [0, 0.05) is 6.42 Å². The SMILES string of the molecule is C#CCOc1cn([C@H]2C[C@H](O)[C@@H](CO)O2)c(=O)[nH]c1=O. The van der Waals surface area contributed by atoms with E-state index in [4.69, 9.17) is 21.0 Å². The normalized spacial score (nSPS) is 25.4. The van der Waals surface area contributed by atoms with E-state index in [2.05, 4.69) is 10.9 Å². The summed E-state index contributed by atoms with van der Waals surface area (Å²) in [4.78, 5) is 25.3. The Hall–Kier alpha value is -2.08. The van der Waals surface area contributed by atoms with Crippen LogP contribution in [0.1, 0.15) is 12.6 Å². The van der Waals surface area contributed by atoms with Gasteiger partial charge in [0.2, 0.25) is 5.75 Å². The molecule has 3 atom stereocenters. The van der Waals surface area contributed by atoms with E-state index in [0.717, 1.165) is 4.57 Å². The Bertz CT molecular complexity index is 628. The maximum Gasteiger partial charge on any atom is 0.330 e. The summed E-state index contributed by atoms with van der Waals surface area (Å²) in [6.45, 7) is -0.481. The van der Waals surface area contributed by atoms with Crippen molar-refractivity contribution in [2.24, 2.45) is 0 Å². The first-order chi connectivity index (χ1) is 9.56. The first-order valence-electron chi connectivity index (χ1n) is 5.93. The fraction of sp³-hybridized carbons (Fsp3) is 0.500. The summed E-state index contributed by atoms with van der Waals surface area (Å²) in [7, 11) is 0. The quantitative estimate of drug-likeness (QED) is 0.561. The smallest absolute Gasteiger partial charge is 0.330 e. The van der Waals surface area contributed by atoms with E-state index >= 15 is 0 Å². The van der Waals surface area contributed by atoms with Crippen molar-refractivity contribution in [2.45, 2.75) is 24.9 Å². The summed E-state index contributed by atoms with van der Waals surface area (Å²) in [5.74, 6) is 2.09. The van der Waals surface area contributed by atoms with E-state index in [1.807, 2.05) is 0 Å². The minimum Gasteiger partial charge on any atom is -0.474 e. The van der Waals surface area contributed by atoms with Gasteiger partial charge in [-0.05, 0) is 0 Å². The molecule has 0 amide bonds. The van der Waals surface area contributed by atoms with E-state index in [9.17, 15) is 14.7 Å². The van der Waals surface area contributed by atoms with E-state index in [1.54, 1.807) is 0 Å². The van der Waals surface area contributed by atoms with Crippen LogP contribution in [0.15, 0.2) is 15.8 Å². The Morgan fingerprint density at radius 1 is 1.60 bits per heavy atom. The molecule has 3 N–H and O–H groups in total. The highest BCUT2D eigenvalue weighted by Gasteiger charge is 2.35. The zero-order valence-electron chi connectivity index (χ0n) is 10.5. The highest BCUT2D eigenvalue weighted by atomic mass is 16.5. The molecule has 1 fully saturated rings. The van der Waals surface area contributed by atoms with Crippen molar-refractivity contribution in [3.05, 3.63) is 27.0 Å².